The molecule has 32 heavy (non-hydrogen) atoms. The van der Waals surface area contributed by atoms with E-state index in [1.165, 1.54) is 0 Å². The number of amides is 1. The van der Waals surface area contributed by atoms with E-state index in [2.05, 4.69) is 15.3 Å². The summed E-state index contributed by atoms with van der Waals surface area (Å²) in [4.78, 5) is 26.7. The second-order valence-corrected chi connectivity index (χ2v) is 7.66. The van der Waals surface area contributed by atoms with E-state index in [9.17, 15) is 9.59 Å². The Morgan fingerprint density at radius 1 is 1.00 bits per heavy atom. The van der Waals surface area contributed by atoms with Gasteiger partial charge < -0.3 is 19.7 Å². The molecule has 3 aromatic rings. The summed E-state index contributed by atoms with van der Waals surface area (Å²) in [6.45, 7) is 6.68. The van der Waals surface area contributed by atoms with Gasteiger partial charge in [0, 0.05) is 30.2 Å². The molecule has 4 rings (SSSR count). The third-order valence-electron chi connectivity index (χ3n) is 5.22. The molecule has 0 unspecified atom stereocenters. The molecule has 1 N–H and O–H groups in total. The normalized spacial score (nSPS) is 13.6. The van der Waals surface area contributed by atoms with Gasteiger partial charge >= 0.3 is 5.97 Å². The lowest BCUT2D eigenvalue weighted by atomic mass is 10.2. The Morgan fingerprint density at radius 3 is 2.28 bits per heavy atom. The van der Waals surface area contributed by atoms with Crippen molar-refractivity contribution in [3.63, 3.8) is 0 Å². The second-order valence-electron chi connectivity index (χ2n) is 7.66. The number of aryl methyl sites for hydroxylation is 2. The molecule has 0 saturated carbocycles. The van der Waals surface area contributed by atoms with Crippen LogP contribution in [-0.2, 0) is 14.3 Å². The summed E-state index contributed by atoms with van der Waals surface area (Å²) in [5.74, 6) is -0.945. The summed E-state index contributed by atoms with van der Waals surface area (Å²) >= 11 is 0. The van der Waals surface area contributed by atoms with Gasteiger partial charge in [-0.2, -0.15) is 5.10 Å². The van der Waals surface area contributed by atoms with Crippen LogP contribution in [0.1, 0.15) is 21.7 Å². The number of carbonyl (C=O) groups excluding carboxylic acids is 2. The zero-order valence-corrected chi connectivity index (χ0v) is 18.2. The number of nitrogens with one attached hydrogen (secondary N) is 1. The van der Waals surface area contributed by atoms with Crippen LogP contribution >= 0.6 is 0 Å². The topological polar surface area (TPSA) is 85.7 Å². The first kappa shape index (κ1) is 21.6. The van der Waals surface area contributed by atoms with Crippen LogP contribution in [0.25, 0.3) is 5.69 Å². The summed E-state index contributed by atoms with van der Waals surface area (Å²) in [5.41, 5.74) is 4.89. The first-order valence-corrected chi connectivity index (χ1v) is 10.5. The van der Waals surface area contributed by atoms with E-state index in [-0.39, 0.29) is 6.61 Å². The maximum absolute atomic E-state index is 12.3. The lowest BCUT2D eigenvalue weighted by Gasteiger charge is -2.28. The largest absolute Gasteiger partial charge is 0.452 e. The average Bonchev–Trinajstić information content (AvgIpc) is 3.16. The molecule has 1 aliphatic rings. The highest BCUT2D eigenvalue weighted by atomic mass is 16.5. The Balaban J connectivity index is 1.28. The van der Waals surface area contributed by atoms with E-state index in [0.717, 1.165) is 49.1 Å². The van der Waals surface area contributed by atoms with Gasteiger partial charge in [-0.1, -0.05) is 0 Å². The molecule has 0 aliphatic carbocycles. The van der Waals surface area contributed by atoms with Crippen LogP contribution in [0.4, 0.5) is 11.4 Å². The lowest BCUT2D eigenvalue weighted by Crippen LogP contribution is -2.36. The molecule has 0 radical (unpaired) electrons. The van der Waals surface area contributed by atoms with Crippen LogP contribution in [0.15, 0.2) is 54.6 Å². The number of anilines is 2. The Bertz CT molecular complexity index is 1080. The number of esters is 1. The molecular weight excluding hydrogens is 408 g/mol. The van der Waals surface area contributed by atoms with E-state index >= 15 is 0 Å². The minimum Gasteiger partial charge on any atom is -0.452 e. The predicted molar refractivity (Wildman–Crippen MR) is 121 cm³/mol. The molecule has 1 saturated heterocycles. The smallest absolute Gasteiger partial charge is 0.338 e. The molecule has 1 amide bonds. The van der Waals surface area contributed by atoms with Crippen LogP contribution in [0, 0.1) is 13.8 Å². The van der Waals surface area contributed by atoms with Crippen molar-refractivity contribution in [1.82, 2.24) is 9.78 Å². The highest BCUT2D eigenvalue weighted by Gasteiger charge is 2.13. The molecule has 1 aliphatic heterocycles. The van der Waals surface area contributed by atoms with Gasteiger partial charge in [-0.3, -0.25) is 4.79 Å². The van der Waals surface area contributed by atoms with Crippen LogP contribution < -0.4 is 10.2 Å². The van der Waals surface area contributed by atoms with Crippen molar-refractivity contribution in [2.24, 2.45) is 0 Å². The maximum atomic E-state index is 12.3. The van der Waals surface area contributed by atoms with Crippen molar-refractivity contribution in [3.8, 4) is 5.69 Å². The van der Waals surface area contributed by atoms with Gasteiger partial charge in [0.2, 0.25) is 0 Å². The number of carbonyl (C=O) groups is 2. The zero-order valence-electron chi connectivity index (χ0n) is 18.2. The SMILES string of the molecule is Cc1cc(C)n(-c2ccc(C(=O)OCC(=O)Nc3ccc(N4CCOCC4)cc3)cc2)n1. The Kier molecular flexibility index (Phi) is 6.51. The second kappa shape index (κ2) is 9.65. The summed E-state index contributed by atoms with van der Waals surface area (Å²) in [6.07, 6.45) is 0. The summed E-state index contributed by atoms with van der Waals surface area (Å²) < 4.78 is 12.3. The van der Waals surface area contributed by atoms with Crippen molar-refractivity contribution < 1.29 is 19.1 Å². The standard InChI is InChI=1S/C24H26N4O4/c1-17-15-18(2)28(26-17)22-7-3-19(4-8-22)24(30)32-16-23(29)25-20-5-9-21(10-6-20)27-11-13-31-14-12-27/h3-10,15H,11-14,16H2,1-2H3,(H,25,29). The molecule has 0 atom stereocenters. The van der Waals surface area contributed by atoms with Gasteiger partial charge in [-0.05, 0) is 68.4 Å². The van der Waals surface area contributed by atoms with Gasteiger partial charge in [0.05, 0.1) is 30.2 Å². The predicted octanol–water partition coefficient (Wildman–Crippen LogP) is 3.12. The average molecular weight is 434 g/mol. The number of rotatable bonds is 6. The number of morpholine rings is 1. The molecule has 8 heteroatoms. The third kappa shape index (κ3) is 5.15. The summed E-state index contributed by atoms with van der Waals surface area (Å²) in [6, 6.07) is 16.5. The molecular formula is C24H26N4O4. The number of ether oxygens (including phenoxy) is 2. The summed E-state index contributed by atoms with van der Waals surface area (Å²) in [7, 11) is 0. The van der Waals surface area contributed by atoms with Crippen molar-refractivity contribution in [3.05, 3.63) is 71.5 Å². The lowest BCUT2D eigenvalue weighted by molar-refractivity contribution is -0.119. The van der Waals surface area contributed by atoms with E-state index < -0.39 is 11.9 Å². The minimum atomic E-state index is -0.553. The van der Waals surface area contributed by atoms with Crippen LogP contribution in [0.5, 0.6) is 0 Å². The highest BCUT2D eigenvalue weighted by Crippen LogP contribution is 2.19. The Labute approximate surface area is 186 Å². The monoisotopic (exact) mass is 434 g/mol. The van der Waals surface area contributed by atoms with Crippen molar-refractivity contribution in [1.29, 1.82) is 0 Å². The van der Waals surface area contributed by atoms with Gasteiger partial charge in [-0.15, -0.1) is 0 Å². The minimum absolute atomic E-state index is 0.358. The van der Waals surface area contributed by atoms with Crippen molar-refractivity contribution in [2.45, 2.75) is 13.8 Å². The molecule has 2 heterocycles. The van der Waals surface area contributed by atoms with Gasteiger partial charge in [0.25, 0.3) is 5.91 Å². The maximum Gasteiger partial charge on any atom is 0.338 e. The van der Waals surface area contributed by atoms with Gasteiger partial charge in [-0.25, -0.2) is 9.48 Å². The van der Waals surface area contributed by atoms with E-state index in [0.29, 0.717) is 11.3 Å². The number of nitrogens with zero attached hydrogens (tertiary/aromatic N) is 3. The Morgan fingerprint density at radius 2 is 1.66 bits per heavy atom. The molecule has 166 valence electrons. The van der Waals surface area contributed by atoms with Crippen molar-refractivity contribution in [2.75, 3.05) is 43.1 Å². The number of benzene rings is 2. The molecule has 1 fully saturated rings. The van der Waals surface area contributed by atoms with Crippen LogP contribution in [0.3, 0.4) is 0 Å². The first-order valence-electron chi connectivity index (χ1n) is 10.5. The highest BCUT2D eigenvalue weighted by molar-refractivity contribution is 5.95. The van der Waals surface area contributed by atoms with E-state index in [1.54, 1.807) is 24.3 Å². The zero-order chi connectivity index (χ0) is 22.5. The van der Waals surface area contributed by atoms with Crippen LogP contribution in [-0.4, -0.2) is 54.6 Å². The van der Waals surface area contributed by atoms with Crippen LogP contribution in [0.2, 0.25) is 0 Å². The first-order chi connectivity index (χ1) is 15.5. The third-order valence-corrected chi connectivity index (χ3v) is 5.22. The molecule has 8 nitrogen and oxygen atoms in total. The molecule has 2 aromatic carbocycles. The number of hydrogen-bond acceptors (Lipinski definition) is 6. The fourth-order valence-corrected chi connectivity index (χ4v) is 3.62. The Hall–Kier alpha value is -3.65. The quantitative estimate of drug-likeness (QED) is 0.600. The van der Waals surface area contributed by atoms with E-state index in [4.69, 9.17) is 9.47 Å². The number of aromatic nitrogens is 2. The fraction of sp³-hybridized carbons (Fsp3) is 0.292. The van der Waals surface area contributed by atoms with E-state index in [1.807, 2.05) is 48.9 Å². The van der Waals surface area contributed by atoms with Gasteiger partial charge in [0.15, 0.2) is 6.61 Å². The molecule has 0 spiro atoms. The summed E-state index contributed by atoms with van der Waals surface area (Å²) in [5, 5.41) is 7.17. The number of hydrogen-bond donors (Lipinski definition) is 1. The molecule has 1 aromatic heterocycles. The van der Waals surface area contributed by atoms with Crippen molar-refractivity contribution >= 4 is 23.3 Å². The van der Waals surface area contributed by atoms with Gasteiger partial charge in [0.1, 0.15) is 0 Å². The fourth-order valence-electron chi connectivity index (χ4n) is 3.62. The molecule has 0 bridgehead atoms.